The van der Waals surface area contributed by atoms with Crippen molar-refractivity contribution in [3.8, 4) is 6.07 Å². The summed E-state index contributed by atoms with van der Waals surface area (Å²) in [6, 6.07) is 5.03. The van der Waals surface area contributed by atoms with Crippen molar-refractivity contribution < 1.29 is 9.21 Å². The molecule has 0 aliphatic carbocycles. The van der Waals surface area contributed by atoms with E-state index in [1.165, 1.54) is 0 Å². The van der Waals surface area contributed by atoms with E-state index in [2.05, 4.69) is 11.4 Å². The van der Waals surface area contributed by atoms with Gasteiger partial charge in [0.05, 0.1) is 31.0 Å². The van der Waals surface area contributed by atoms with Gasteiger partial charge < -0.3 is 9.73 Å². The number of carbonyl (C=O) groups excluding carboxylic acids is 1. The Morgan fingerprint density at radius 1 is 1.65 bits per heavy atom. The smallest absolute Gasteiger partial charge is 0.237 e. The molecular weight excluding hydrogens is 218 g/mol. The molecule has 5 heteroatoms. The number of hydrogen-bond acceptors (Lipinski definition) is 4. The summed E-state index contributed by atoms with van der Waals surface area (Å²) in [4.78, 5) is 13.5. The van der Waals surface area contributed by atoms with Crippen LogP contribution in [0.1, 0.15) is 19.6 Å². The Kier molecular flexibility index (Phi) is 4.73. The number of amides is 1. The van der Waals surface area contributed by atoms with Gasteiger partial charge in [-0.25, -0.2) is 0 Å². The molecule has 1 aromatic rings. The van der Waals surface area contributed by atoms with E-state index in [1.807, 2.05) is 0 Å². The predicted octanol–water partition coefficient (Wildman–Crippen LogP) is 1.13. The van der Waals surface area contributed by atoms with E-state index < -0.39 is 0 Å². The molecule has 17 heavy (non-hydrogen) atoms. The van der Waals surface area contributed by atoms with Gasteiger partial charge in [0.25, 0.3) is 0 Å². The number of furan rings is 1. The van der Waals surface area contributed by atoms with Crippen molar-refractivity contribution in [2.45, 2.75) is 32.5 Å². The van der Waals surface area contributed by atoms with E-state index in [4.69, 9.17) is 9.68 Å². The normalized spacial score (nSPS) is 14.1. The molecule has 1 amide bonds. The molecule has 0 saturated carbocycles. The van der Waals surface area contributed by atoms with Crippen LogP contribution < -0.4 is 5.32 Å². The fourth-order valence-electron chi connectivity index (χ4n) is 1.35. The molecule has 0 aliphatic rings. The summed E-state index contributed by atoms with van der Waals surface area (Å²) in [5.41, 5.74) is 0. The Balaban J connectivity index is 2.45. The highest BCUT2D eigenvalue weighted by Gasteiger charge is 2.21. The number of carbonyl (C=O) groups is 1. The molecule has 0 saturated heterocycles. The lowest BCUT2D eigenvalue weighted by molar-refractivity contribution is -0.126. The molecule has 92 valence electrons. The maximum atomic E-state index is 11.8. The van der Waals surface area contributed by atoms with Gasteiger partial charge in [0.2, 0.25) is 5.91 Å². The number of nitrogens with one attached hydrogen (secondary N) is 1. The summed E-state index contributed by atoms with van der Waals surface area (Å²) in [5.74, 6) is 0.590. The van der Waals surface area contributed by atoms with Crippen LogP contribution in [0, 0.1) is 11.3 Å². The van der Waals surface area contributed by atoms with Gasteiger partial charge in [-0.15, -0.1) is 0 Å². The molecule has 0 radical (unpaired) electrons. The zero-order chi connectivity index (χ0) is 12.8. The Labute approximate surface area is 101 Å². The third kappa shape index (κ3) is 3.61. The summed E-state index contributed by atoms with van der Waals surface area (Å²) in [5, 5.41) is 11.5. The van der Waals surface area contributed by atoms with Gasteiger partial charge in [0.1, 0.15) is 5.76 Å². The van der Waals surface area contributed by atoms with Gasteiger partial charge in [0, 0.05) is 0 Å². The highest BCUT2D eigenvalue weighted by Crippen LogP contribution is 2.03. The Bertz CT molecular complexity index is 394. The third-order valence-corrected chi connectivity index (χ3v) is 2.81. The third-order valence-electron chi connectivity index (χ3n) is 2.81. The van der Waals surface area contributed by atoms with Gasteiger partial charge in [-0.05, 0) is 33.0 Å². The number of rotatable bonds is 5. The predicted molar refractivity (Wildman–Crippen MR) is 62.9 cm³/mol. The molecule has 5 nitrogen and oxygen atoms in total. The molecule has 2 unspecified atom stereocenters. The summed E-state index contributed by atoms with van der Waals surface area (Å²) >= 11 is 0. The van der Waals surface area contributed by atoms with E-state index >= 15 is 0 Å². The molecule has 1 rings (SSSR count). The van der Waals surface area contributed by atoms with Crippen LogP contribution in [0.2, 0.25) is 0 Å². The van der Waals surface area contributed by atoms with Crippen LogP contribution in [-0.4, -0.2) is 29.9 Å². The monoisotopic (exact) mass is 235 g/mol. The highest BCUT2D eigenvalue weighted by molar-refractivity contribution is 5.81. The molecule has 0 aliphatic heterocycles. The molecular formula is C12H17N3O2. The van der Waals surface area contributed by atoms with Crippen LogP contribution in [0.5, 0.6) is 0 Å². The zero-order valence-corrected chi connectivity index (χ0v) is 10.3. The molecule has 0 spiro atoms. The van der Waals surface area contributed by atoms with E-state index in [0.717, 1.165) is 0 Å². The molecule has 1 N–H and O–H groups in total. The molecule has 0 bridgehead atoms. The lowest BCUT2D eigenvalue weighted by Gasteiger charge is -2.25. The first-order valence-corrected chi connectivity index (χ1v) is 5.48. The first-order chi connectivity index (χ1) is 8.06. The Morgan fingerprint density at radius 3 is 2.88 bits per heavy atom. The number of nitriles is 1. The van der Waals surface area contributed by atoms with E-state index in [0.29, 0.717) is 12.3 Å². The second-order valence-electron chi connectivity index (χ2n) is 3.94. The zero-order valence-electron chi connectivity index (χ0n) is 10.3. The Morgan fingerprint density at radius 2 is 2.35 bits per heavy atom. The van der Waals surface area contributed by atoms with Crippen molar-refractivity contribution in [3.05, 3.63) is 24.2 Å². The van der Waals surface area contributed by atoms with Crippen LogP contribution >= 0.6 is 0 Å². The summed E-state index contributed by atoms with van der Waals surface area (Å²) < 4.78 is 5.11. The largest absolute Gasteiger partial charge is 0.467 e. The minimum atomic E-state index is -0.348. The molecule has 0 aromatic carbocycles. The minimum Gasteiger partial charge on any atom is -0.467 e. The van der Waals surface area contributed by atoms with Crippen LogP contribution in [0.25, 0.3) is 0 Å². The number of nitrogens with zero attached hydrogens (tertiary/aromatic N) is 2. The summed E-state index contributed by atoms with van der Waals surface area (Å²) in [6.07, 6.45) is 1.56. The van der Waals surface area contributed by atoms with Crippen LogP contribution in [0.4, 0.5) is 0 Å². The summed E-state index contributed by atoms with van der Waals surface area (Å²) in [6.45, 7) is 3.90. The van der Waals surface area contributed by atoms with Crippen LogP contribution in [-0.2, 0) is 11.3 Å². The average Bonchev–Trinajstić information content (AvgIpc) is 2.86. The minimum absolute atomic E-state index is 0.119. The van der Waals surface area contributed by atoms with Crippen LogP contribution in [0.3, 0.4) is 0 Å². The SMILES string of the molecule is CC(C#N)N(C)C(C)C(=O)NCc1ccco1. The molecule has 2 atom stereocenters. The van der Waals surface area contributed by atoms with E-state index in [-0.39, 0.29) is 18.0 Å². The fourth-order valence-corrected chi connectivity index (χ4v) is 1.35. The van der Waals surface area contributed by atoms with E-state index in [1.54, 1.807) is 44.2 Å². The quantitative estimate of drug-likeness (QED) is 0.830. The van der Waals surface area contributed by atoms with Crippen molar-refractivity contribution in [1.82, 2.24) is 10.2 Å². The maximum absolute atomic E-state index is 11.8. The maximum Gasteiger partial charge on any atom is 0.237 e. The van der Waals surface area contributed by atoms with Gasteiger partial charge in [0.15, 0.2) is 0 Å². The van der Waals surface area contributed by atoms with Gasteiger partial charge in [-0.1, -0.05) is 0 Å². The summed E-state index contributed by atoms with van der Waals surface area (Å²) in [7, 11) is 1.75. The topological polar surface area (TPSA) is 69.3 Å². The average molecular weight is 235 g/mol. The molecule has 1 aromatic heterocycles. The first-order valence-electron chi connectivity index (χ1n) is 5.48. The molecule has 0 fully saturated rings. The number of likely N-dealkylation sites (N-methyl/N-ethyl adjacent to an activating group) is 1. The van der Waals surface area contributed by atoms with Gasteiger partial charge in [-0.3, -0.25) is 9.69 Å². The lowest BCUT2D eigenvalue weighted by Crippen LogP contribution is -2.46. The highest BCUT2D eigenvalue weighted by atomic mass is 16.3. The van der Waals surface area contributed by atoms with Crippen molar-refractivity contribution in [1.29, 1.82) is 5.26 Å². The lowest BCUT2D eigenvalue weighted by atomic mass is 10.2. The van der Waals surface area contributed by atoms with Gasteiger partial charge in [-0.2, -0.15) is 5.26 Å². The van der Waals surface area contributed by atoms with Crippen molar-refractivity contribution in [2.75, 3.05) is 7.05 Å². The van der Waals surface area contributed by atoms with Crippen LogP contribution in [0.15, 0.2) is 22.8 Å². The fraction of sp³-hybridized carbons (Fsp3) is 0.500. The first kappa shape index (κ1) is 13.3. The Hall–Kier alpha value is -1.80. The van der Waals surface area contributed by atoms with Crippen molar-refractivity contribution in [2.24, 2.45) is 0 Å². The molecule has 1 heterocycles. The second kappa shape index (κ2) is 6.06. The van der Waals surface area contributed by atoms with Crippen molar-refractivity contribution in [3.63, 3.8) is 0 Å². The van der Waals surface area contributed by atoms with Gasteiger partial charge >= 0.3 is 0 Å². The number of hydrogen-bond donors (Lipinski definition) is 1. The van der Waals surface area contributed by atoms with E-state index in [9.17, 15) is 4.79 Å². The standard InChI is InChI=1S/C12H17N3O2/c1-9(7-13)15(3)10(2)12(16)14-8-11-5-4-6-17-11/h4-6,9-10H,8H2,1-3H3,(H,14,16). The second-order valence-corrected chi connectivity index (χ2v) is 3.94. The van der Waals surface area contributed by atoms with Crippen molar-refractivity contribution >= 4 is 5.91 Å².